The van der Waals surface area contributed by atoms with Gasteiger partial charge in [0.25, 0.3) is 5.91 Å². The van der Waals surface area contributed by atoms with Crippen LogP contribution in [-0.2, 0) is 6.54 Å². The fourth-order valence-corrected chi connectivity index (χ4v) is 2.16. The van der Waals surface area contributed by atoms with E-state index in [1.807, 2.05) is 24.3 Å². The lowest BCUT2D eigenvalue weighted by Crippen LogP contribution is -2.24. The maximum absolute atomic E-state index is 12.1. The molecule has 0 aliphatic rings. The van der Waals surface area contributed by atoms with E-state index >= 15 is 0 Å². The minimum atomic E-state index is -0.141. The Kier molecular flexibility index (Phi) is 4.52. The third-order valence-corrected chi connectivity index (χ3v) is 3.12. The van der Waals surface area contributed by atoms with Gasteiger partial charge in [0, 0.05) is 24.3 Å². The van der Waals surface area contributed by atoms with Gasteiger partial charge >= 0.3 is 0 Å². The molecule has 0 bridgehead atoms. The molecule has 2 aromatic rings. The summed E-state index contributed by atoms with van der Waals surface area (Å²) in [7, 11) is 1.74. The molecule has 0 aliphatic carbocycles. The van der Waals surface area contributed by atoms with Gasteiger partial charge < -0.3 is 10.6 Å². The second kappa shape index (κ2) is 6.33. The van der Waals surface area contributed by atoms with Crippen LogP contribution in [-0.4, -0.2) is 17.9 Å². The lowest BCUT2D eigenvalue weighted by atomic mass is 10.2. The van der Waals surface area contributed by atoms with Gasteiger partial charge in [0.2, 0.25) is 0 Å². The van der Waals surface area contributed by atoms with Crippen LogP contribution in [0.15, 0.2) is 47.1 Å². The van der Waals surface area contributed by atoms with Crippen molar-refractivity contribution in [3.05, 3.63) is 58.2 Å². The van der Waals surface area contributed by atoms with Crippen molar-refractivity contribution in [3.63, 3.8) is 0 Å². The Hall–Kier alpha value is -1.88. The Balaban J connectivity index is 2.05. The summed E-state index contributed by atoms with van der Waals surface area (Å²) in [6, 6.07) is 11.3. The Bertz CT molecular complexity index is 586. The molecular formula is C14H14BrN3O. The molecule has 1 aromatic carbocycles. The number of amides is 1. The summed E-state index contributed by atoms with van der Waals surface area (Å²) < 4.78 is 0.997. The quantitative estimate of drug-likeness (QED) is 0.911. The van der Waals surface area contributed by atoms with E-state index in [9.17, 15) is 4.79 Å². The highest BCUT2D eigenvalue weighted by molar-refractivity contribution is 9.10. The molecule has 1 aromatic heterocycles. The van der Waals surface area contributed by atoms with Crippen molar-refractivity contribution in [1.29, 1.82) is 0 Å². The molecule has 2 N–H and O–H groups in total. The molecule has 98 valence electrons. The Morgan fingerprint density at radius 3 is 2.89 bits per heavy atom. The van der Waals surface area contributed by atoms with Crippen molar-refractivity contribution < 1.29 is 4.79 Å². The first-order chi connectivity index (χ1) is 9.20. The molecule has 2 rings (SSSR count). The zero-order valence-corrected chi connectivity index (χ0v) is 12.1. The van der Waals surface area contributed by atoms with Crippen LogP contribution in [0, 0.1) is 0 Å². The van der Waals surface area contributed by atoms with E-state index in [4.69, 9.17) is 0 Å². The monoisotopic (exact) mass is 319 g/mol. The minimum Gasteiger partial charge on any atom is -0.372 e. The van der Waals surface area contributed by atoms with Crippen LogP contribution >= 0.6 is 15.9 Å². The molecule has 0 unspecified atom stereocenters. The topological polar surface area (TPSA) is 54.0 Å². The highest BCUT2D eigenvalue weighted by atomic mass is 79.9. The molecular weight excluding hydrogens is 306 g/mol. The molecule has 5 heteroatoms. The number of hydrogen-bond donors (Lipinski definition) is 2. The molecule has 1 amide bonds. The van der Waals surface area contributed by atoms with Crippen molar-refractivity contribution in [2.24, 2.45) is 0 Å². The maximum Gasteiger partial charge on any atom is 0.255 e. The van der Waals surface area contributed by atoms with E-state index in [1.54, 1.807) is 25.4 Å². The number of carbonyl (C=O) groups excluding carboxylic acids is 1. The van der Waals surface area contributed by atoms with E-state index in [2.05, 4.69) is 31.5 Å². The summed E-state index contributed by atoms with van der Waals surface area (Å²) >= 11 is 3.40. The van der Waals surface area contributed by atoms with E-state index < -0.39 is 0 Å². The SMILES string of the molecule is CNc1ncccc1C(=O)NCc1cccc(Br)c1. The summed E-state index contributed by atoms with van der Waals surface area (Å²) in [5.41, 5.74) is 1.58. The first-order valence-electron chi connectivity index (χ1n) is 5.86. The Morgan fingerprint density at radius 1 is 1.32 bits per heavy atom. The van der Waals surface area contributed by atoms with Crippen molar-refractivity contribution in [2.75, 3.05) is 12.4 Å². The van der Waals surface area contributed by atoms with Gasteiger partial charge in [0.1, 0.15) is 5.82 Å². The lowest BCUT2D eigenvalue weighted by molar-refractivity contribution is 0.0951. The van der Waals surface area contributed by atoms with Gasteiger partial charge in [0.15, 0.2) is 0 Å². The van der Waals surface area contributed by atoms with Gasteiger partial charge in [-0.05, 0) is 29.8 Å². The number of hydrogen-bond acceptors (Lipinski definition) is 3. The standard InChI is InChI=1S/C14H14BrN3O/c1-16-13-12(6-3-7-17-13)14(19)18-9-10-4-2-5-11(15)8-10/h2-8H,9H2,1H3,(H,16,17)(H,18,19). The largest absolute Gasteiger partial charge is 0.372 e. The number of nitrogens with one attached hydrogen (secondary N) is 2. The van der Waals surface area contributed by atoms with Gasteiger partial charge in [-0.25, -0.2) is 4.98 Å². The lowest BCUT2D eigenvalue weighted by Gasteiger charge is -2.09. The predicted molar refractivity (Wildman–Crippen MR) is 79.1 cm³/mol. The van der Waals surface area contributed by atoms with Crippen LogP contribution in [0.1, 0.15) is 15.9 Å². The van der Waals surface area contributed by atoms with Crippen LogP contribution in [0.3, 0.4) is 0 Å². The number of rotatable bonds is 4. The number of aromatic nitrogens is 1. The molecule has 0 radical (unpaired) electrons. The second-order valence-corrected chi connectivity index (χ2v) is 4.88. The number of benzene rings is 1. The van der Waals surface area contributed by atoms with Gasteiger partial charge in [0.05, 0.1) is 5.56 Å². The van der Waals surface area contributed by atoms with E-state index in [1.165, 1.54) is 0 Å². The second-order valence-electron chi connectivity index (χ2n) is 3.96. The first-order valence-corrected chi connectivity index (χ1v) is 6.65. The first kappa shape index (κ1) is 13.5. The summed E-state index contributed by atoms with van der Waals surface area (Å²) in [4.78, 5) is 16.2. The maximum atomic E-state index is 12.1. The highest BCUT2D eigenvalue weighted by Crippen LogP contribution is 2.13. The molecule has 0 atom stereocenters. The van der Waals surface area contributed by atoms with Crippen molar-refractivity contribution >= 4 is 27.7 Å². The van der Waals surface area contributed by atoms with Gasteiger partial charge in [-0.2, -0.15) is 0 Å². The van der Waals surface area contributed by atoms with Crippen LogP contribution in [0.25, 0.3) is 0 Å². The Morgan fingerprint density at radius 2 is 2.16 bits per heavy atom. The van der Waals surface area contributed by atoms with E-state index in [0.29, 0.717) is 17.9 Å². The average Bonchev–Trinajstić information content (AvgIpc) is 2.45. The molecule has 0 saturated carbocycles. The van der Waals surface area contributed by atoms with Crippen molar-refractivity contribution in [3.8, 4) is 0 Å². The third-order valence-electron chi connectivity index (χ3n) is 2.63. The van der Waals surface area contributed by atoms with E-state index in [0.717, 1.165) is 10.0 Å². The average molecular weight is 320 g/mol. The van der Waals surface area contributed by atoms with Crippen LogP contribution in [0.2, 0.25) is 0 Å². The zero-order chi connectivity index (χ0) is 13.7. The molecule has 0 saturated heterocycles. The smallest absolute Gasteiger partial charge is 0.255 e. The van der Waals surface area contributed by atoms with Gasteiger partial charge in [-0.1, -0.05) is 28.1 Å². The van der Waals surface area contributed by atoms with Gasteiger partial charge in [-0.15, -0.1) is 0 Å². The number of anilines is 1. The number of pyridine rings is 1. The van der Waals surface area contributed by atoms with E-state index in [-0.39, 0.29) is 5.91 Å². The molecule has 0 fully saturated rings. The van der Waals surface area contributed by atoms with Gasteiger partial charge in [-0.3, -0.25) is 4.79 Å². The third kappa shape index (κ3) is 3.54. The summed E-state index contributed by atoms with van der Waals surface area (Å²) in [6.07, 6.45) is 1.65. The molecule has 4 nitrogen and oxygen atoms in total. The van der Waals surface area contributed by atoms with Crippen LogP contribution < -0.4 is 10.6 Å². The Labute approximate surface area is 120 Å². The van der Waals surface area contributed by atoms with Crippen molar-refractivity contribution in [2.45, 2.75) is 6.54 Å². The summed E-state index contributed by atoms with van der Waals surface area (Å²) in [5.74, 6) is 0.437. The fraction of sp³-hybridized carbons (Fsp3) is 0.143. The number of nitrogens with zero attached hydrogens (tertiary/aromatic N) is 1. The molecule has 0 aliphatic heterocycles. The molecule has 1 heterocycles. The highest BCUT2D eigenvalue weighted by Gasteiger charge is 2.10. The molecule has 0 spiro atoms. The number of carbonyl (C=O) groups is 1. The fourth-order valence-electron chi connectivity index (χ4n) is 1.71. The zero-order valence-electron chi connectivity index (χ0n) is 10.5. The summed E-state index contributed by atoms with van der Waals surface area (Å²) in [5, 5.41) is 5.78. The van der Waals surface area contributed by atoms with Crippen LogP contribution in [0.4, 0.5) is 5.82 Å². The van der Waals surface area contributed by atoms with Crippen molar-refractivity contribution in [1.82, 2.24) is 10.3 Å². The number of halogens is 1. The van der Waals surface area contributed by atoms with Crippen LogP contribution in [0.5, 0.6) is 0 Å². The minimum absolute atomic E-state index is 0.141. The summed E-state index contributed by atoms with van der Waals surface area (Å²) in [6.45, 7) is 0.482. The molecule has 19 heavy (non-hydrogen) atoms. The predicted octanol–water partition coefficient (Wildman–Crippen LogP) is 2.82. The normalized spacial score (nSPS) is 10.0.